The van der Waals surface area contributed by atoms with Crippen LogP contribution in [0.25, 0.3) is 0 Å². The van der Waals surface area contributed by atoms with Crippen molar-refractivity contribution in [3.8, 4) is 0 Å². The molecule has 0 saturated carbocycles. The van der Waals surface area contributed by atoms with Gasteiger partial charge in [0.25, 0.3) is 0 Å². The normalized spacial score (nSPS) is 10.8. The predicted octanol–water partition coefficient (Wildman–Crippen LogP) is 6.99. The topological polar surface area (TPSA) is 38.3 Å². The molecule has 144 valence electrons. The van der Waals surface area contributed by atoms with Crippen molar-refractivity contribution in [2.24, 2.45) is 0 Å². The molecule has 24 heavy (non-hydrogen) atoms. The average molecular weight is 342 g/mol. The third kappa shape index (κ3) is 19.3. The van der Waals surface area contributed by atoms with Crippen molar-refractivity contribution in [1.29, 1.82) is 0 Å². The lowest BCUT2D eigenvalue weighted by Gasteiger charge is -2.07. The number of nitrogens with one attached hydrogen (secondary N) is 1. The highest BCUT2D eigenvalue weighted by Crippen LogP contribution is 2.09. The van der Waals surface area contributed by atoms with Gasteiger partial charge in [-0.15, -0.1) is 0 Å². The van der Waals surface area contributed by atoms with E-state index in [9.17, 15) is 4.79 Å². The van der Waals surface area contributed by atoms with Crippen LogP contribution in [-0.2, 0) is 4.74 Å². The Hall–Kier alpha value is -0.730. The van der Waals surface area contributed by atoms with Gasteiger partial charge in [-0.3, -0.25) is 0 Å². The third-order valence-corrected chi connectivity index (χ3v) is 4.53. The Kier molecular flexibility index (Phi) is 19.7. The largest absolute Gasteiger partial charge is 0.450 e. The number of hydrogen-bond acceptors (Lipinski definition) is 2. The zero-order valence-corrected chi connectivity index (χ0v) is 16.5. The highest BCUT2D eigenvalue weighted by molar-refractivity contribution is 5.66. The molecular formula is C21H43NO2. The summed E-state index contributed by atoms with van der Waals surface area (Å²) in [6.45, 7) is 5.82. The Labute approximate surface area is 151 Å². The molecule has 0 aliphatic heterocycles. The lowest BCUT2D eigenvalue weighted by molar-refractivity contribution is 0.143. The Morgan fingerprint density at radius 3 is 1.54 bits per heavy atom. The monoisotopic (exact) mass is 341 g/mol. The first kappa shape index (κ1) is 23.3. The highest BCUT2D eigenvalue weighted by atomic mass is 16.5. The quantitative estimate of drug-likeness (QED) is 0.273. The summed E-state index contributed by atoms with van der Waals surface area (Å²) in [7, 11) is 0. The Balaban J connectivity index is 3.13. The fourth-order valence-electron chi connectivity index (χ4n) is 2.90. The lowest BCUT2D eigenvalue weighted by atomic mass is 10.1. The number of carbonyl (C=O) groups excluding carboxylic acids is 1. The molecular weight excluding hydrogens is 298 g/mol. The fourth-order valence-corrected chi connectivity index (χ4v) is 2.90. The van der Waals surface area contributed by atoms with Crippen molar-refractivity contribution < 1.29 is 9.53 Å². The van der Waals surface area contributed by atoms with Gasteiger partial charge in [0.2, 0.25) is 0 Å². The Morgan fingerprint density at radius 2 is 1.04 bits per heavy atom. The van der Waals surface area contributed by atoms with E-state index in [0.29, 0.717) is 6.61 Å². The zero-order chi connectivity index (χ0) is 17.7. The summed E-state index contributed by atoms with van der Waals surface area (Å²) in [5.74, 6) is 0. The molecule has 0 aliphatic carbocycles. The molecule has 3 heteroatoms. The first-order valence-corrected chi connectivity index (χ1v) is 10.7. The molecule has 1 N–H and O–H groups in total. The van der Waals surface area contributed by atoms with Crippen molar-refractivity contribution >= 4 is 6.09 Å². The molecule has 0 aromatic rings. The zero-order valence-electron chi connectivity index (χ0n) is 16.5. The Morgan fingerprint density at radius 1 is 0.625 bits per heavy atom. The third-order valence-electron chi connectivity index (χ3n) is 4.53. The SMILES string of the molecule is CCCCCCCCCCCOC(=O)NCCCCCCCCC. The van der Waals surface area contributed by atoms with Crippen LogP contribution < -0.4 is 5.32 Å². The summed E-state index contributed by atoms with van der Waals surface area (Å²) < 4.78 is 5.21. The van der Waals surface area contributed by atoms with Crippen LogP contribution in [0.2, 0.25) is 0 Å². The van der Waals surface area contributed by atoms with Gasteiger partial charge in [-0.1, -0.05) is 104 Å². The molecule has 0 bridgehead atoms. The Bertz CT molecular complexity index is 256. The van der Waals surface area contributed by atoms with Gasteiger partial charge >= 0.3 is 6.09 Å². The van der Waals surface area contributed by atoms with E-state index in [0.717, 1.165) is 19.4 Å². The molecule has 0 heterocycles. The maximum absolute atomic E-state index is 11.5. The van der Waals surface area contributed by atoms with Gasteiger partial charge in [0, 0.05) is 6.54 Å². The van der Waals surface area contributed by atoms with Crippen molar-refractivity contribution in [1.82, 2.24) is 5.32 Å². The van der Waals surface area contributed by atoms with E-state index in [4.69, 9.17) is 4.74 Å². The van der Waals surface area contributed by atoms with Crippen LogP contribution in [0.15, 0.2) is 0 Å². The molecule has 0 unspecified atom stereocenters. The summed E-state index contributed by atoms with van der Waals surface area (Å²) in [5.41, 5.74) is 0. The number of carbonyl (C=O) groups is 1. The van der Waals surface area contributed by atoms with E-state index < -0.39 is 0 Å². The van der Waals surface area contributed by atoms with Gasteiger partial charge in [0.1, 0.15) is 0 Å². The van der Waals surface area contributed by atoms with E-state index in [1.807, 2.05) is 0 Å². The summed E-state index contributed by atoms with van der Waals surface area (Å²) in [6, 6.07) is 0. The average Bonchev–Trinajstić information content (AvgIpc) is 2.59. The van der Waals surface area contributed by atoms with Crippen molar-refractivity contribution in [3.05, 3.63) is 0 Å². The maximum Gasteiger partial charge on any atom is 0.407 e. The van der Waals surface area contributed by atoms with Gasteiger partial charge < -0.3 is 10.1 Å². The van der Waals surface area contributed by atoms with Crippen molar-refractivity contribution in [3.63, 3.8) is 0 Å². The maximum atomic E-state index is 11.5. The van der Waals surface area contributed by atoms with Gasteiger partial charge in [-0.25, -0.2) is 4.79 Å². The molecule has 0 saturated heterocycles. The molecule has 1 amide bonds. The molecule has 0 radical (unpaired) electrons. The number of alkyl carbamates (subject to hydrolysis) is 1. The molecule has 0 aromatic carbocycles. The molecule has 0 fully saturated rings. The highest BCUT2D eigenvalue weighted by Gasteiger charge is 2.00. The minimum Gasteiger partial charge on any atom is -0.450 e. The van der Waals surface area contributed by atoms with E-state index in [2.05, 4.69) is 19.2 Å². The second-order valence-corrected chi connectivity index (χ2v) is 7.01. The van der Waals surface area contributed by atoms with Gasteiger partial charge in [-0.05, 0) is 12.8 Å². The first-order chi connectivity index (χ1) is 11.8. The van der Waals surface area contributed by atoms with Crippen LogP contribution in [0, 0.1) is 0 Å². The molecule has 0 aromatic heterocycles. The van der Waals surface area contributed by atoms with Gasteiger partial charge in [-0.2, -0.15) is 0 Å². The minimum atomic E-state index is -0.236. The van der Waals surface area contributed by atoms with Crippen LogP contribution in [0.3, 0.4) is 0 Å². The van der Waals surface area contributed by atoms with E-state index in [1.54, 1.807) is 0 Å². The van der Waals surface area contributed by atoms with E-state index in [-0.39, 0.29) is 6.09 Å². The van der Waals surface area contributed by atoms with Crippen molar-refractivity contribution in [2.45, 2.75) is 117 Å². The van der Waals surface area contributed by atoms with Crippen LogP contribution in [0.5, 0.6) is 0 Å². The standard InChI is InChI=1S/C21H43NO2/c1-3-5-7-9-11-12-14-16-18-20-24-21(23)22-19-17-15-13-10-8-6-4-2/h3-20H2,1-2H3,(H,22,23). The van der Waals surface area contributed by atoms with Crippen molar-refractivity contribution in [2.75, 3.05) is 13.2 Å². The van der Waals surface area contributed by atoms with Gasteiger partial charge in [0.05, 0.1) is 6.61 Å². The number of ether oxygens (including phenoxy) is 1. The number of hydrogen-bond donors (Lipinski definition) is 1. The number of rotatable bonds is 18. The summed E-state index contributed by atoms with van der Waals surface area (Å²) in [4.78, 5) is 11.5. The van der Waals surface area contributed by atoms with Crippen LogP contribution in [-0.4, -0.2) is 19.2 Å². The molecule has 0 atom stereocenters. The summed E-state index contributed by atoms with van der Waals surface area (Å²) >= 11 is 0. The number of amides is 1. The minimum absolute atomic E-state index is 0.236. The van der Waals surface area contributed by atoms with Gasteiger partial charge in [0.15, 0.2) is 0 Å². The first-order valence-electron chi connectivity index (χ1n) is 10.7. The summed E-state index contributed by atoms with van der Waals surface area (Å²) in [6.07, 6.45) is 20.3. The molecule has 0 spiro atoms. The van der Waals surface area contributed by atoms with Crippen LogP contribution >= 0.6 is 0 Å². The fraction of sp³-hybridized carbons (Fsp3) is 0.952. The second kappa shape index (κ2) is 20.3. The van der Waals surface area contributed by atoms with E-state index >= 15 is 0 Å². The lowest BCUT2D eigenvalue weighted by Crippen LogP contribution is -2.25. The van der Waals surface area contributed by atoms with E-state index in [1.165, 1.54) is 89.9 Å². The van der Waals surface area contributed by atoms with Crippen LogP contribution in [0.4, 0.5) is 4.79 Å². The molecule has 3 nitrogen and oxygen atoms in total. The molecule has 0 aliphatic rings. The second-order valence-electron chi connectivity index (χ2n) is 7.01. The smallest absolute Gasteiger partial charge is 0.407 e. The van der Waals surface area contributed by atoms with Crippen LogP contribution in [0.1, 0.15) is 117 Å². The predicted molar refractivity (Wildman–Crippen MR) is 105 cm³/mol. The number of unbranched alkanes of at least 4 members (excludes halogenated alkanes) is 14. The summed E-state index contributed by atoms with van der Waals surface area (Å²) in [5, 5.41) is 2.85. The molecule has 0 rings (SSSR count).